The molecule has 0 aliphatic carbocycles. The molecule has 1 rings (SSSR count). The summed E-state index contributed by atoms with van der Waals surface area (Å²) in [4.78, 5) is 13.3. The van der Waals surface area contributed by atoms with Crippen LogP contribution >= 0.6 is 0 Å². The van der Waals surface area contributed by atoms with Gasteiger partial charge in [-0.2, -0.15) is 0 Å². The largest absolute Gasteiger partial charge is 0.345 e. The summed E-state index contributed by atoms with van der Waals surface area (Å²) in [5.74, 6) is 0.965. The van der Waals surface area contributed by atoms with Gasteiger partial charge in [0, 0.05) is 20.0 Å². The van der Waals surface area contributed by atoms with E-state index >= 15 is 0 Å². The molecule has 3 heteroatoms. The first-order valence-electron chi connectivity index (χ1n) is 5.68. The fourth-order valence-electron chi connectivity index (χ4n) is 2.03. The molecule has 0 saturated carbocycles. The standard InChI is InChI=1S/C11H22N2O/c1-3-11(14)13(2)9-10-5-4-7-12-8-6-10/h10,12H,3-9H2,1-2H3. The van der Waals surface area contributed by atoms with Gasteiger partial charge in [0.25, 0.3) is 0 Å². The summed E-state index contributed by atoms with van der Waals surface area (Å²) in [6.45, 7) is 5.11. The topological polar surface area (TPSA) is 32.3 Å². The van der Waals surface area contributed by atoms with Gasteiger partial charge in [0.15, 0.2) is 0 Å². The van der Waals surface area contributed by atoms with E-state index in [9.17, 15) is 4.79 Å². The molecule has 1 heterocycles. The first kappa shape index (κ1) is 11.5. The normalized spacial score (nSPS) is 22.9. The molecular formula is C11H22N2O. The minimum Gasteiger partial charge on any atom is -0.345 e. The summed E-state index contributed by atoms with van der Waals surface area (Å²) >= 11 is 0. The van der Waals surface area contributed by atoms with Crippen molar-refractivity contribution in [1.29, 1.82) is 0 Å². The summed E-state index contributed by atoms with van der Waals surface area (Å²) in [6.07, 6.45) is 4.34. The van der Waals surface area contributed by atoms with Gasteiger partial charge in [-0.3, -0.25) is 4.79 Å². The first-order chi connectivity index (χ1) is 6.74. The zero-order valence-corrected chi connectivity index (χ0v) is 9.38. The van der Waals surface area contributed by atoms with Crippen LogP contribution in [0.3, 0.4) is 0 Å². The van der Waals surface area contributed by atoms with Crippen molar-refractivity contribution in [2.24, 2.45) is 5.92 Å². The number of amides is 1. The maximum Gasteiger partial charge on any atom is 0.222 e. The number of nitrogens with zero attached hydrogens (tertiary/aromatic N) is 1. The third-order valence-electron chi connectivity index (χ3n) is 2.96. The Balaban J connectivity index is 2.30. The van der Waals surface area contributed by atoms with Crippen LogP contribution in [0.1, 0.15) is 32.6 Å². The molecule has 0 aromatic rings. The van der Waals surface area contributed by atoms with Gasteiger partial charge in [0.1, 0.15) is 0 Å². The van der Waals surface area contributed by atoms with Crippen LogP contribution in [0, 0.1) is 5.92 Å². The van der Waals surface area contributed by atoms with Gasteiger partial charge >= 0.3 is 0 Å². The lowest BCUT2D eigenvalue weighted by atomic mass is 10.0. The van der Waals surface area contributed by atoms with E-state index in [0.29, 0.717) is 12.3 Å². The predicted octanol–water partition coefficient (Wildman–Crippen LogP) is 1.24. The van der Waals surface area contributed by atoms with E-state index in [4.69, 9.17) is 0 Å². The number of hydrogen-bond acceptors (Lipinski definition) is 2. The minimum absolute atomic E-state index is 0.266. The van der Waals surface area contributed by atoms with Crippen molar-refractivity contribution in [1.82, 2.24) is 10.2 Å². The van der Waals surface area contributed by atoms with Gasteiger partial charge in [-0.15, -0.1) is 0 Å². The van der Waals surface area contributed by atoms with Crippen LogP contribution in [0.2, 0.25) is 0 Å². The Labute approximate surface area is 86.9 Å². The van der Waals surface area contributed by atoms with Crippen LogP contribution < -0.4 is 5.32 Å². The quantitative estimate of drug-likeness (QED) is 0.740. The third-order valence-corrected chi connectivity index (χ3v) is 2.96. The third kappa shape index (κ3) is 3.66. The van der Waals surface area contributed by atoms with Crippen LogP contribution in [-0.4, -0.2) is 37.5 Å². The molecule has 1 amide bonds. The molecule has 1 saturated heterocycles. The number of carbonyl (C=O) groups excluding carboxylic acids is 1. The first-order valence-corrected chi connectivity index (χ1v) is 5.68. The number of carbonyl (C=O) groups is 1. The van der Waals surface area contributed by atoms with Crippen LogP contribution in [0.4, 0.5) is 0 Å². The second kappa shape index (κ2) is 6.02. The Kier molecular flexibility index (Phi) is 4.94. The maximum atomic E-state index is 11.4. The molecule has 1 N–H and O–H groups in total. The highest BCUT2D eigenvalue weighted by molar-refractivity contribution is 5.75. The molecule has 3 nitrogen and oxygen atoms in total. The molecule has 0 bridgehead atoms. The Morgan fingerprint density at radius 3 is 2.93 bits per heavy atom. The van der Waals surface area contributed by atoms with Crippen molar-refractivity contribution in [2.75, 3.05) is 26.7 Å². The zero-order valence-electron chi connectivity index (χ0n) is 9.38. The van der Waals surface area contributed by atoms with Gasteiger partial charge in [0.2, 0.25) is 5.91 Å². The van der Waals surface area contributed by atoms with E-state index in [0.717, 1.165) is 19.6 Å². The summed E-state index contributed by atoms with van der Waals surface area (Å²) in [5.41, 5.74) is 0. The average molecular weight is 198 g/mol. The lowest BCUT2D eigenvalue weighted by Gasteiger charge is -2.22. The number of rotatable bonds is 3. The molecule has 14 heavy (non-hydrogen) atoms. The molecule has 1 atom stereocenters. The Bertz CT molecular complexity index is 174. The van der Waals surface area contributed by atoms with Crippen molar-refractivity contribution >= 4 is 5.91 Å². The van der Waals surface area contributed by atoms with Crippen molar-refractivity contribution in [2.45, 2.75) is 32.6 Å². The molecule has 1 unspecified atom stereocenters. The van der Waals surface area contributed by atoms with Gasteiger partial charge in [-0.1, -0.05) is 6.92 Å². The fourth-order valence-corrected chi connectivity index (χ4v) is 2.03. The molecule has 1 aliphatic rings. The van der Waals surface area contributed by atoms with Gasteiger partial charge in [-0.05, 0) is 38.3 Å². The van der Waals surface area contributed by atoms with E-state index < -0.39 is 0 Å². The van der Waals surface area contributed by atoms with Crippen LogP contribution in [0.25, 0.3) is 0 Å². The lowest BCUT2D eigenvalue weighted by molar-refractivity contribution is -0.130. The van der Waals surface area contributed by atoms with Crippen molar-refractivity contribution in [3.63, 3.8) is 0 Å². The Hall–Kier alpha value is -0.570. The molecule has 0 aromatic carbocycles. The molecular weight excluding hydrogens is 176 g/mol. The van der Waals surface area contributed by atoms with Crippen molar-refractivity contribution < 1.29 is 4.79 Å². The maximum absolute atomic E-state index is 11.4. The van der Waals surface area contributed by atoms with Gasteiger partial charge in [0.05, 0.1) is 0 Å². The summed E-state index contributed by atoms with van der Waals surface area (Å²) in [5, 5.41) is 3.39. The monoisotopic (exact) mass is 198 g/mol. The molecule has 0 radical (unpaired) electrons. The molecule has 1 aliphatic heterocycles. The molecule has 1 fully saturated rings. The summed E-state index contributed by atoms with van der Waals surface area (Å²) in [7, 11) is 1.92. The van der Waals surface area contributed by atoms with E-state index in [1.54, 1.807) is 0 Å². The highest BCUT2D eigenvalue weighted by Gasteiger charge is 2.15. The van der Waals surface area contributed by atoms with Gasteiger partial charge < -0.3 is 10.2 Å². The second-order valence-electron chi connectivity index (χ2n) is 4.17. The Morgan fingerprint density at radius 2 is 2.21 bits per heavy atom. The molecule has 0 aromatic heterocycles. The highest BCUT2D eigenvalue weighted by atomic mass is 16.2. The smallest absolute Gasteiger partial charge is 0.222 e. The zero-order chi connectivity index (χ0) is 10.4. The SMILES string of the molecule is CCC(=O)N(C)CC1CCCNCC1. The number of hydrogen-bond donors (Lipinski definition) is 1. The van der Waals surface area contributed by atoms with Crippen molar-refractivity contribution in [3.8, 4) is 0 Å². The van der Waals surface area contributed by atoms with E-state index in [-0.39, 0.29) is 5.91 Å². The van der Waals surface area contributed by atoms with Crippen LogP contribution in [0.5, 0.6) is 0 Å². The summed E-state index contributed by atoms with van der Waals surface area (Å²) < 4.78 is 0. The highest BCUT2D eigenvalue weighted by Crippen LogP contribution is 2.14. The van der Waals surface area contributed by atoms with E-state index in [1.807, 2.05) is 18.9 Å². The predicted molar refractivity (Wildman–Crippen MR) is 58.1 cm³/mol. The second-order valence-corrected chi connectivity index (χ2v) is 4.17. The van der Waals surface area contributed by atoms with Gasteiger partial charge in [-0.25, -0.2) is 0 Å². The number of nitrogens with one attached hydrogen (secondary N) is 1. The average Bonchev–Trinajstić information content (AvgIpc) is 2.45. The minimum atomic E-state index is 0.266. The Morgan fingerprint density at radius 1 is 1.43 bits per heavy atom. The van der Waals surface area contributed by atoms with Crippen molar-refractivity contribution in [3.05, 3.63) is 0 Å². The van der Waals surface area contributed by atoms with E-state index in [1.165, 1.54) is 19.3 Å². The molecule has 0 spiro atoms. The lowest BCUT2D eigenvalue weighted by Crippen LogP contribution is -2.31. The molecule has 82 valence electrons. The van der Waals surface area contributed by atoms with E-state index in [2.05, 4.69) is 5.32 Å². The van der Waals surface area contributed by atoms with Crippen LogP contribution in [0.15, 0.2) is 0 Å². The fraction of sp³-hybridized carbons (Fsp3) is 0.909. The summed E-state index contributed by atoms with van der Waals surface area (Å²) in [6, 6.07) is 0. The van der Waals surface area contributed by atoms with Crippen LogP contribution in [-0.2, 0) is 4.79 Å².